The predicted molar refractivity (Wildman–Crippen MR) is 57.1 cm³/mol. The van der Waals surface area contributed by atoms with Crippen molar-refractivity contribution in [2.75, 3.05) is 18.4 Å². The Labute approximate surface area is 95.5 Å². The quantitative estimate of drug-likeness (QED) is 0.837. The van der Waals surface area contributed by atoms with E-state index in [1.54, 1.807) is 6.07 Å². The van der Waals surface area contributed by atoms with Gasteiger partial charge in [-0.05, 0) is 12.1 Å². The minimum atomic E-state index is -4.71. The summed E-state index contributed by atoms with van der Waals surface area (Å²) in [5, 5.41) is 5.64. The monoisotopic (exact) mass is 245 g/mol. The molecule has 0 saturated heterocycles. The summed E-state index contributed by atoms with van der Waals surface area (Å²) in [6.45, 7) is 1.27. The summed E-state index contributed by atoms with van der Waals surface area (Å²) in [7, 11) is 0. The molecule has 0 spiro atoms. The van der Waals surface area contributed by atoms with Crippen LogP contribution in [0.15, 0.2) is 29.3 Å². The average Bonchev–Trinajstić information content (AvgIpc) is 2.71. The van der Waals surface area contributed by atoms with Gasteiger partial charge in [0, 0.05) is 6.54 Å². The Hall–Kier alpha value is -1.92. The smallest absolute Gasteiger partial charge is 0.404 e. The zero-order chi connectivity index (χ0) is 12.3. The number of nitrogens with zero attached hydrogens (tertiary/aromatic N) is 1. The molecule has 1 aromatic carbocycles. The van der Waals surface area contributed by atoms with E-state index in [4.69, 9.17) is 0 Å². The molecule has 0 radical (unpaired) electrons. The number of hydrogen-bond donors (Lipinski definition) is 2. The molecule has 0 aromatic heterocycles. The van der Waals surface area contributed by atoms with Gasteiger partial charge < -0.3 is 15.4 Å². The van der Waals surface area contributed by atoms with Gasteiger partial charge >= 0.3 is 6.36 Å². The van der Waals surface area contributed by atoms with E-state index in [0.29, 0.717) is 19.0 Å². The fourth-order valence-corrected chi connectivity index (χ4v) is 1.39. The van der Waals surface area contributed by atoms with Crippen LogP contribution >= 0.6 is 0 Å². The van der Waals surface area contributed by atoms with Crippen molar-refractivity contribution in [2.24, 2.45) is 4.99 Å². The van der Waals surface area contributed by atoms with Crippen molar-refractivity contribution >= 4 is 11.6 Å². The Bertz CT molecular complexity index is 431. The molecule has 0 amide bonds. The van der Waals surface area contributed by atoms with Crippen LogP contribution in [-0.2, 0) is 0 Å². The standard InChI is InChI=1S/C10H10F3N3O/c11-10(12,13)17-8-4-2-1-3-7(8)16-9-14-5-6-15-9/h1-4H,5-6H2,(H2,14,15,16). The molecular weight excluding hydrogens is 235 g/mol. The van der Waals surface area contributed by atoms with Crippen LogP contribution in [0.5, 0.6) is 5.75 Å². The lowest BCUT2D eigenvalue weighted by molar-refractivity contribution is -0.274. The first kappa shape index (κ1) is 11.6. The van der Waals surface area contributed by atoms with Gasteiger partial charge in [0.2, 0.25) is 0 Å². The Balaban J connectivity index is 2.15. The SMILES string of the molecule is FC(F)(F)Oc1ccccc1NC1=NCCN1. The maximum absolute atomic E-state index is 12.1. The summed E-state index contributed by atoms with van der Waals surface area (Å²) in [5.41, 5.74) is 0.220. The van der Waals surface area contributed by atoms with E-state index in [-0.39, 0.29) is 11.4 Å². The van der Waals surface area contributed by atoms with Gasteiger partial charge in [-0.1, -0.05) is 12.1 Å². The predicted octanol–water partition coefficient (Wildman–Crippen LogP) is 1.96. The minimum Gasteiger partial charge on any atom is -0.404 e. The Morgan fingerprint density at radius 2 is 2.06 bits per heavy atom. The second-order valence-corrected chi connectivity index (χ2v) is 3.33. The number of para-hydroxylation sites is 2. The van der Waals surface area contributed by atoms with Crippen LogP contribution < -0.4 is 15.4 Å². The molecule has 0 bridgehead atoms. The zero-order valence-electron chi connectivity index (χ0n) is 8.71. The minimum absolute atomic E-state index is 0.220. The molecule has 2 N–H and O–H groups in total. The van der Waals surface area contributed by atoms with E-state index in [9.17, 15) is 13.2 Å². The van der Waals surface area contributed by atoms with Gasteiger partial charge in [-0.3, -0.25) is 4.99 Å². The molecule has 1 aliphatic rings. The summed E-state index contributed by atoms with van der Waals surface area (Å²) in [6.07, 6.45) is -4.71. The summed E-state index contributed by atoms with van der Waals surface area (Å²) in [4.78, 5) is 4.03. The summed E-state index contributed by atoms with van der Waals surface area (Å²) >= 11 is 0. The first-order valence-corrected chi connectivity index (χ1v) is 4.95. The van der Waals surface area contributed by atoms with Gasteiger partial charge in [0.15, 0.2) is 11.7 Å². The maximum atomic E-state index is 12.1. The van der Waals surface area contributed by atoms with Gasteiger partial charge in [0.1, 0.15) is 0 Å². The van der Waals surface area contributed by atoms with Gasteiger partial charge in [-0.2, -0.15) is 0 Å². The van der Waals surface area contributed by atoms with Crippen LogP contribution in [0.3, 0.4) is 0 Å². The fraction of sp³-hybridized carbons (Fsp3) is 0.300. The van der Waals surface area contributed by atoms with E-state index >= 15 is 0 Å². The van der Waals surface area contributed by atoms with Crippen LogP contribution in [-0.4, -0.2) is 25.4 Å². The van der Waals surface area contributed by atoms with E-state index in [1.165, 1.54) is 18.2 Å². The first-order chi connectivity index (χ1) is 8.04. The van der Waals surface area contributed by atoms with E-state index in [0.717, 1.165) is 0 Å². The third-order valence-electron chi connectivity index (χ3n) is 2.04. The summed E-state index contributed by atoms with van der Waals surface area (Å²) < 4.78 is 40.3. The average molecular weight is 245 g/mol. The number of alkyl halides is 3. The van der Waals surface area contributed by atoms with Crippen LogP contribution in [0, 0.1) is 0 Å². The number of aliphatic imine (C=N–C) groups is 1. The third-order valence-corrected chi connectivity index (χ3v) is 2.04. The fourth-order valence-electron chi connectivity index (χ4n) is 1.39. The molecule has 1 aromatic rings. The molecule has 7 heteroatoms. The van der Waals surface area contributed by atoms with Crippen molar-refractivity contribution in [1.82, 2.24) is 5.32 Å². The van der Waals surface area contributed by atoms with Crippen LogP contribution in [0.2, 0.25) is 0 Å². The second-order valence-electron chi connectivity index (χ2n) is 3.33. The summed E-state index contributed by atoms with van der Waals surface area (Å²) in [6, 6.07) is 5.81. The van der Waals surface area contributed by atoms with Crippen molar-refractivity contribution in [3.63, 3.8) is 0 Å². The molecular formula is C10H10F3N3O. The lowest BCUT2D eigenvalue weighted by Crippen LogP contribution is -2.27. The van der Waals surface area contributed by atoms with Crippen molar-refractivity contribution in [2.45, 2.75) is 6.36 Å². The molecule has 92 valence electrons. The Kier molecular flexibility index (Phi) is 3.08. The Morgan fingerprint density at radius 3 is 2.71 bits per heavy atom. The first-order valence-electron chi connectivity index (χ1n) is 4.95. The van der Waals surface area contributed by atoms with Gasteiger partial charge in [0.05, 0.1) is 12.2 Å². The highest BCUT2D eigenvalue weighted by Gasteiger charge is 2.32. The van der Waals surface area contributed by atoms with E-state index in [2.05, 4.69) is 20.4 Å². The lowest BCUT2D eigenvalue weighted by atomic mass is 10.3. The molecule has 4 nitrogen and oxygen atoms in total. The number of hydrogen-bond acceptors (Lipinski definition) is 4. The zero-order valence-corrected chi connectivity index (χ0v) is 8.71. The number of anilines is 1. The van der Waals surface area contributed by atoms with Crippen LogP contribution in [0.1, 0.15) is 0 Å². The molecule has 1 heterocycles. The van der Waals surface area contributed by atoms with Crippen molar-refractivity contribution < 1.29 is 17.9 Å². The largest absolute Gasteiger partial charge is 0.573 e. The highest BCUT2D eigenvalue weighted by Crippen LogP contribution is 2.29. The normalized spacial score (nSPS) is 15.1. The van der Waals surface area contributed by atoms with Gasteiger partial charge in [-0.25, -0.2) is 0 Å². The third kappa shape index (κ3) is 3.27. The van der Waals surface area contributed by atoms with Crippen molar-refractivity contribution in [3.8, 4) is 5.75 Å². The number of rotatable bonds is 2. The molecule has 0 atom stereocenters. The number of ether oxygens (including phenoxy) is 1. The van der Waals surface area contributed by atoms with E-state index in [1.807, 2.05) is 0 Å². The van der Waals surface area contributed by atoms with Gasteiger partial charge in [-0.15, -0.1) is 13.2 Å². The number of halogens is 3. The van der Waals surface area contributed by atoms with Crippen LogP contribution in [0.25, 0.3) is 0 Å². The topological polar surface area (TPSA) is 45.6 Å². The Morgan fingerprint density at radius 1 is 1.29 bits per heavy atom. The lowest BCUT2D eigenvalue weighted by Gasteiger charge is -2.14. The molecule has 0 unspecified atom stereocenters. The van der Waals surface area contributed by atoms with E-state index < -0.39 is 6.36 Å². The number of nitrogens with one attached hydrogen (secondary N) is 2. The molecule has 0 fully saturated rings. The number of benzene rings is 1. The highest BCUT2D eigenvalue weighted by molar-refractivity contribution is 5.95. The number of guanidine groups is 1. The molecule has 1 aliphatic heterocycles. The van der Waals surface area contributed by atoms with Gasteiger partial charge in [0.25, 0.3) is 0 Å². The van der Waals surface area contributed by atoms with Crippen LogP contribution in [0.4, 0.5) is 18.9 Å². The molecule has 0 aliphatic carbocycles. The van der Waals surface area contributed by atoms with Crippen molar-refractivity contribution in [1.29, 1.82) is 0 Å². The highest BCUT2D eigenvalue weighted by atomic mass is 19.4. The second kappa shape index (κ2) is 4.52. The molecule has 17 heavy (non-hydrogen) atoms. The molecule has 2 rings (SSSR count). The summed E-state index contributed by atoms with van der Waals surface area (Å²) in [5.74, 6) is 0.166. The molecule has 0 saturated carbocycles. The maximum Gasteiger partial charge on any atom is 0.573 e. The van der Waals surface area contributed by atoms with Crippen molar-refractivity contribution in [3.05, 3.63) is 24.3 Å².